The Kier molecular flexibility index (Phi) is 6.70. The highest BCUT2D eigenvalue weighted by Gasteiger charge is 2.09. The average Bonchev–Trinajstić information content (AvgIpc) is 2.69. The van der Waals surface area contributed by atoms with Crippen LogP contribution in [0.2, 0.25) is 0 Å². The van der Waals surface area contributed by atoms with Gasteiger partial charge in [-0.1, -0.05) is 0 Å². The minimum Gasteiger partial charge on any atom is -0.379 e. The van der Waals surface area contributed by atoms with Gasteiger partial charge in [-0.3, -0.25) is 0 Å². The third-order valence-corrected chi connectivity index (χ3v) is 3.76. The van der Waals surface area contributed by atoms with Crippen LogP contribution in [-0.4, -0.2) is 24.2 Å². The number of hydrogen-bond acceptors (Lipinski definition) is 4. The Morgan fingerprint density at radius 2 is 2.12 bits per heavy atom. The molecular weight excluding hydrogens is 232 g/mol. The summed E-state index contributed by atoms with van der Waals surface area (Å²) in [6.07, 6.45) is 2.64. The van der Waals surface area contributed by atoms with E-state index >= 15 is 0 Å². The van der Waals surface area contributed by atoms with Gasteiger partial charge < -0.3 is 10.1 Å². The monoisotopic (exact) mass is 256 g/mol. The third-order valence-electron chi connectivity index (χ3n) is 2.65. The fourth-order valence-corrected chi connectivity index (χ4v) is 2.52. The summed E-state index contributed by atoms with van der Waals surface area (Å²) in [4.78, 5) is 5.62. The first kappa shape index (κ1) is 14.6. The van der Waals surface area contributed by atoms with Gasteiger partial charge in [0.05, 0.1) is 17.3 Å². The molecule has 1 atom stereocenters. The van der Waals surface area contributed by atoms with Crippen molar-refractivity contribution in [1.82, 2.24) is 10.3 Å². The maximum atomic E-state index is 5.50. The summed E-state index contributed by atoms with van der Waals surface area (Å²) >= 11 is 1.73. The van der Waals surface area contributed by atoms with E-state index in [4.69, 9.17) is 4.74 Å². The molecule has 4 heteroatoms. The summed E-state index contributed by atoms with van der Waals surface area (Å²) in [6.45, 7) is 10.3. The number of nitrogens with zero attached hydrogens (tertiary/aromatic N) is 1. The largest absolute Gasteiger partial charge is 0.379 e. The van der Waals surface area contributed by atoms with Crippen molar-refractivity contribution < 1.29 is 4.74 Å². The quantitative estimate of drug-likeness (QED) is 0.725. The summed E-state index contributed by atoms with van der Waals surface area (Å²) < 4.78 is 5.50. The van der Waals surface area contributed by atoms with E-state index in [1.54, 1.807) is 11.3 Å². The molecule has 0 aromatic carbocycles. The van der Waals surface area contributed by atoms with Crippen LogP contribution in [0, 0.1) is 6.92 Å². The number of thiazole rings is 1. The van der Waals surface area contributed by atoms with E-state index in [1.807, 2.05) is 5.51 Å². The first-order valence-corrected chi connectivity index (χ1v) is 7.24. The van der Waals surface area contributed by atoms with Gasteiger partial charge in [-0.05, 0) is 47.1 Å². The van der Waals surface area contributed by atoms with Crippen molar-refractivity contribution >= 4 is 11.3 Å². The van der Waals surface area contributed by atoms with Crippen molar-refractivity contribution in [3.8, 4) is 0 Å². The Morgan fingerprint density at radius 3 is 2.71 bits per heavy atom. The summed E-state index contributed by atoms with van der Waals surface area (Å²) in [7, 11) is 0. The van der Waals surface area contributed by atoms with Crippen molar-refractivity contribution in [3.63, 3.8) is 0 Å². The van der Waals surface area contributed by atoms with Crippen LogP contribution < -0.4 is 5.32 Å². The Bertz CT molecular complexity index is 312. The second-order valence-corrected chi connectivity index (χ2v) is 5.49. The Balaban J connectivity index is 2.09. The molecule has 1 aromatic rings. The van der Waals surface area contributed by atoms with Crippen molar-refractivity contribution in [1.29, 1.82) is 0 Å². The fourth-order valence-electron chi connectivity index (χ4n) is 1.68. The molecule has 0 aliphatic rings. The zero-order chi connectivity index (χ0) is 12.7. The molecular formula is C13H24N2OS. The first-order valence-electron chi connectivity index (χ1n) is 6.36. The van der Waals surface area contributed by atoms with E-state index in [0.29, 0.717) is 12.1 Å². The van der Waals surface area contributed by atoms with Gasteiger partial charge in [-0.15, -0.1) is 11.3 Å². The van der Waals surface area contributed by atoms with Gasteiger partial charge in [0.1, 0.15) is 0 Å². The number of hydrogen-bond donors (Lipinski definition) is 1. The maximum Gasteiger partial charge on any atom is 0.0798 e. The van der Waals surface area contributed by atoms with E-state index in [9.17, 15) is 0 Å². The lowest BCUT2D eigenvalue weighted by Gasteiger charge is -2.13. The second kappa shape index (κ2) is 7.80. The molecule has 1 rings (SSSR count). The molecule has 0 aliphatic heterocycles. The Morgan fingerprint density at radius 1 is 1.35 bits per heavy atom. The molecule has 0 spiro atoms. The van der Waals surface area contributed by atoms with Crippen molar-refractivity contribution in [3.05, 3.63) is 16.1 Å². The van der Waals surface area contributed by atoms with E-state index in [-0.39, 0.29) is 0 Å². The van der Waals surface area contributed by atoms with Crippen LogP contribution in [0.25, 0.3) is 0 Å². The highest BCUT2D eigenvalue weighted by Crippen LogP contribution is 2.20. The molecule has 1 heterocycles. The van der Waals surface area contributed by atoms with Crippen LogP contribution in [0.15, 0.2) is 5.51 Å². The van der Waals surface area contributed by atoms with Crippen LogP contribution in [-0.2, 0) is 4.74 Å². The topological polar surface area (TPSA) is 34.2 Å². The van der Waals surface area contributed by atoms with E-state index < -0.39 is 0 Å². The Hall–Kier alpha value is -0.450. The fraction of sp³-hybridized carbons (Fsp3) is 0.769. The average molecular weight is 256 g/mol. The predicted octanol–water partition coefficient (Wildman–Crippen LogP) is 3.31. The molecule has 0 radical (unpaired) electrons. The highest BCUT2D eigenvalue weighted by atomic mass is 32.1. The van der Waals surface area contributed by atoms with Gasteiger partial charge in [-0.2, -0.15) is 0 Å². The van der Waals surface area contributed by atoms with E-state index in [1.165, 1.54) is 4.88 Å². The molecule has 1 unspecified atom stereocenters. The summed E-state index contributed by atoms with van der Waals surface area (Å²) in [6, 6.07) is 0.411. The minimum atomic E-state index is 0.349. The van der Waals surface area contributed by atoms with Gasteiger partial charge in [0.2, 0.25) is 0 Å². The SMILES string of the molecule is Cc1ncsc1C(C)NCCCCOC(C)C. The summed E-state index contributed by atoms with van der Waals surface area (Å²) in [5, 5.41) is 3.53. The van der Waals surface area contributed by atoms with Crippen LogP contribution in [0.1, 0.15) is 50.2 Å². The number of ether oxygens (including phenoxy) is 1. The number of nitrogens with one attached hydrogen (secondary N) is 1. The van der Waals surface area contributed by atoms with Gasteiger partial charge in [-0.25, -0.2) is 4.98 Å². The summed E-state index contributed by atoms with van der Waals surface area (Å²) in [5.41, 5.74) is 3.07. The molecule has 98 valence electrons. The number of rotatable bonds is 8. The van der Waals surface area contributed by atoms with Crippen LogP contribution in [0.5, 0.6) is 0 Å². The third kappa shape index (κ3) is 5.61. The number of aryl methyl sites for hydroxylation is 1. The van der Waals surface area contributed by atoms with Gasteiger partial charge in [0.25, 0.3) is 0 Å². The smallest absolute Gasteiger partial charge is 0.0798 e. The standard InChI is InChI=1S/C13H24N2OS/c1-10(2)16-8-6-5-7-14-11(3)13-12(4)15-9-17-13/h9-11,14H,5-8H2,1-4H3. The number of aromatic nitrogens is 1. The number of unbranched alkanes of at least 4 members (excludes halogenated alkanes) is 1. The van der Waals surface area contributed by atoms with Crippen LogP contribution in [0.4, 0.5) is 0 Å². The van der Waals surface area contributed by atoms with Crippen LogP contribution in [0.3, 0.4) is 0 Å². The Labute approximate surface area is 109 Å². The molecule has 1 aromatic heterocycles. The molecule has 0 saturated heterocycles. The maximum absolute atomic E-state index is 5.50. The predicted molar refractivity (Wildman–Crippen MR) is 73.6 cm³/mol. The zero-order valence-electron chi connectivity index (χ0n) is 11.3. The lowest BCUT2D eigenvalue weighted by atomic mass is 10.2. The van der Waals surface area contributed by atoms with Gasteiger partial charge in [0, 0.05) is 17.5 Å². The van der Waals surface area contributed by atoms with E-state index in [2.05, 4.69) is 38.0 Å². The van der Waals surface area contributed by atoms with Crippen molar-refractivity contribution in [2.24, 2.45) is 0 Å². The lowest BCUT2D eigenvalue weighted by Crippen LogP contribution is -2.20. The second-order valence-electron chi connectivity index (χ2n) is 4.60. The van der Waals surface area contributed by atoms with Gasteiger partial charge in [0.15, 0.2) is 0 Å². The van der Waals surface area contributed by atoms with Crippen molar-refractivity contribution in [2.75, 3.05) is 13.2 Å². The molecule has 0 saturated carbocycles. The lowest BCUT2D eigenvalue weighted by molar-refractivity contribution is 0.0759. The molecule has 17 heavy (non-hydrogen) atoms. The normalized spacial score (nSPS) is 13.2. The summed E-state index contributed by atoms with van der Waals surface area (Å²) in [5.74, 6) is 0. The van der Waals surface area contributed by atoms with Crippen LogP contribution >= 0.6 is 11.3 Å². The molecule has 0 bridgehead atoms. The molecule has 3 nitrogen and oxygen atoms in total. The minimum absolute atomic E-state index is 0.349. The first-order chi connectivity index (χ1) is 8.11. The van der Waals surface area contributed by atoms with Crippen molar-refractivity contribution in [2.45, 2.75) is 52.7 Å². The molecule has 0 amide bonds. The zero-order valence-corrected chi connectivity index (χ0v) is 12.1. The molecule has 0 fully saturated rings. The highest BCUT2D eigenvalue weighted by molar-refractivity contribution is 7.09. The molecule has 0 aliphatic carbocycles. The molecule has 1 N–H and O–H groups in total. The van der Waals surface area contributed by atoms with Gasteiger partial charge >= 0.3 is 0 Å². The van der Waals surface area contributed by atoms with E-state index in [0.717, 1.165) is 31.7 Å².